The summed E-state index contributed by atoms with van der Waals surface area (Å²) in [5.74, 6) is -0.124. The Hall–Kier alpha value is -1.44. The number of aryl methyl sites for hydroxylation is 2. The number of likely N-dealkylation sites (N-methyl/N-ethyl adjacent to an activating group) is 1. The normalized spacial score (nSPS) is 15.6. The molecule has 1 atom stereocenters. The topological polar surface area (TPSA) is 92.5 Å². The second kappa shape index (κ2) is 8.09. The zero-order valence-electron chi connectivity index (χ0n) is 14.4. The van der Waals surface area contributed by atoms with E-state index in [9.17, 15) is 13.2 Å². The van der Waals surface area contributed by atoms with Gasteiger partial charge in [-0.1, -0.05) is 6.07 Å². The minimum absolute atomic E-state index is 0.0604. The first-order chi connectivity index (χ1) is 11.3. The van der Waals surface area contributed by atoms with Gasteiger partial charge < -0.3 is 10.6 Å². The van der Waals surface area contributed by atoms with Crippen molar-refractivity contribution < 1.29 is 13.2 Å². The fourth-order valence-corrected chi connectivity index (χ4v) is 3.91. The van der Waals surface area contributed by atoms with Crippen molar-refractivity contribution in [1.29, 1.82) is 0 Å². The number of sulfonamides is 1. The van der Waals surface area contributed by atoms with Crippen LogP contribution in [-0.4, -0.2) is 45.4 Å². The molecule has 0 bridgehead atoms. The van der Waals surface area contributed by atoms with E-state index in [4.69, 9.17) is 5.73 Å². The molecule has 134 valence electrons. The summed E-state index contributed by atoms with van der Waals surface area (Å²) in [6, 6.07) is 5.26. The molecule has 1 aromatic rings. The third-order valence-electron chi connectivity index (χ3n) is 4.66. The molecule has 1 aliphatic rings. The van der Waals surface area contributed by atoms with Crippen molar-refractivity contribution in [3.05, 3.63) is 29.3 Å². The molecule has 6 nitrogen and oxygen atoms in total. The summed E-state index contributed by atoms with van der Waals surface area (Å²) in [4.78, 5) is 13.8. The number of benzene rings is 1. The van der Waals surface area contributed by atoms with Crippen LogP contribution in [0.25, 0.3) is 0 Å². The van der Waals surface area contributed by atoms with Crippen molar-refractivity contribution in [1.82, 2.24) is 9.62 Å². The van der Waals surface area contributed by atoms with Crippen molar-refractivity contribution in [2.45, 2.75) is 50.0 Å². The molecular formula is C17H27N3O3S. The van der Waals surface area contributed by atoms with E-state index in [2.05, 4.69) is 4.72 Å². The number of carbonyl (C=O) groups is 1. The van der Waals surface area contributed by atoms with Gasteiger partial charge in [0.1, 0.15) is 0 Å². The summed E-state index contributed by atoms with van der Waals surface area (Å²) in [5, 5.41) is 0. The maximum Gasteiger partial charge on any atom is 0.240 e. The van der Waals surface area contributed by atoms with Gasteiger partial charge in [-0.15, -0.1) is 0 Å². The van der Waals surface area contributed by atoms with Gasteiger partial charge in [-0.25, -0.2) is 13.1 Å². The Labute approximate surface area is 144 Å². The van der Waals surface area contributed by atoms with Crippen LogP contribution in [0.5, 0.6) is 0 Å². The molecule has 2 rings (SSSR count). The van der Waals surface area contributed by atoms with Crippen LogP contribution in [0.4, 0.5) is 0 Å². The summed E-state index contributed by atoms with van der Waals surface area (Å²) in [5.41, 5.74) is 7.90. The van der Waals surface area contributed by atoms with Gasteiger partial charge in [0.05, 0.1) is 4.90 Å². The third-order valence-corrected chi connectivity index (χ3v) is 6.12. The van der Waals surface area contributed by atoms with Crippen LogP contribution >= 0.6 is 0 Å². The van der Waals surface area contributed by atoms with E-state index in [-0.39, 0.29) is 29.8 Å². The molecule has 1 unspecified atom stereocenters. The largest absolute Gasteiger partial charge is 0.342 e. The molecule has 0 aliphatic heterocycles. The van der Waals surface area contributed by atoms with Crippen molar-refractivity contribution in [2.24, 2.45) is 5.73 Å². The third kappa shape index (κ3) is 4.55. The lowest BCUT2D eigenvalue weighted by atomic mass is 9.92. The monoisotopic (exact) mass is 353 g/mol. The van der Waals surface area contributed by atoms with E-state index >= 15 is 0 Å². The zero-order chi connectivity index (χ0) is 17.7. The van der Waals surface area contributed by atoms with E-state index in [1.165, 1.54) is 5.56 Å². The van der Waals surface area contributed by atoms with Crippen LogP contribution in [0.3, 0.4) is 0 Å². The van der Waals surface area contributed by atoms with Crippen molar-refractivity contribution in [3.63, 3.8) is 0 Å². The van der Waals surface area contributed by atoms with E-state index in [0.29, 0.717) is 6.54 Å². The average Bonchev–Trinajstić information content (AvgIpc) is 2.59. The fraction of sp³-hybridized carbons (Fsp3) is 0.588. The summed E-state index contributed by atoms with van der Waals surface area (Å²) >= 11 is 0. The van der Waals surface area contributed by atoms with Gasteiger partial charge in [-0.05, 0) is 55.9 Å². The molecular weight excluding hydrogens is 326 g/mol. The highest BCUT2D eigenvalue weighted by molar-refractivity contribution is 7.89. The van der Waals surface area contributed by atoms with Crippen molar-refractivity contribution in [2.75, 3.05) is 20.1 Å². The molecule has 1 aromatic carbocycles. The maximum absolute atomic E-state index is 12.4. The lowest BCUT2D eigenvalue weighted by molar-refractivity contribution is -0.131. The lowest BCUT2D eigenvalue weighted by Gasteiger charge is -2.23. The molecule has 1 aliphatic carbocycles. The van der Waals surface area contributed by atoms with Crippen LogP contribution in [0.2, 0.25) is 0 Å². The standard InChI is InChI=1S/C17H27N3O3S/c1-13(12-18)20(2)17(21)9-10-19-24(22,23)16-8-7-14-5-3-4-6-15(14)11-16/h7-8,11,13,19H,3-6,9-10,12,18H2,1-2H3. The molecule has 0 aromatic heterocycles. The first kappa shape index (κ1) is 18.9. The Morgan fingerprint density at radius 1 is 1.29 bits per heavy atom. The first-order valence-corrected chi connectivity index (χ1v) is 9.90. The minimum atomic E-state index is -3.59. The van der Waals surface area contributed by atoms with Gasteiger partial charge in [0.15, 0.2) is 0 Å². The molecule has 0 heterocycles. The number of nitrogens with two attached hydrogens (primary N) is 1. The minimum Gasteiger partial charge on any atom is -0.342 e. The smallest absolute Gasteiger partial charge is 0.240 e. The number of amides is 1. The molecule has 0 spiro atoms. The van der Waals surface area contributed by atoms with E-state index in [1.807, 2.05) is 13.0 Å². The van der Waals surface area contributed by atoms with Gasteiger partial charge in [0.25, 0.3) is 0 Å². The Kier molecular flexibility index (Phi) is 6.37. The quantitative estimate of drug-likeness (QED) is 0.766. The van der Waals surface area contributed by atoms with Crippen LogP contribution < -0.4 is 10.5 Å². The Balaban J connectivity index is 1.95. The van der Waals surface area contributed by atoms with Crippen LogP contribution in [0.15, 0.2) is 23.1 Å². The highest BCUT2D eigenvalue weighted by Crippen LogP contribution is 2.24. The van der Waals surface area contributed by atoms with Gasteiger partial charge in [0.2, 0.25) is 15.9 Å². The Bertz CT molecular complexity index is 688. The number of rotatable bonds is 7. The summed E-state index contributed by atoms with van der Waals surface area (Å²) in [7, 11) is -1.91. The predicted molar refractivity (Wildman–Crippen MR) is 94.2 cm³/mol. The Morgan fingerprint density at radius 3 is 2.62 bits per heavy atom. The number of fused-ring (bicyclic) bond motifs is 1. The first-order valence-electron chi connectivity index (χ1n) is 8.42. The van der Waals surface area contributed by atoms with Gasteiger partial charge in [-0.3, -0.25) is 4.79 Å². The van der Waals surface area contributed by atoms with Crippen LogP contribution in [0, 0.1) is 0 Å². The molecule has 1 amide bonds. The summed E-state index contributed by atoms with van der Waals surface area (Å²) < 4.78 is 27.3. The maximum atomic E-state index is 12.4. The van der Waals surface area contributed by atoms with Gasteiger partial charge in [-0.2, -0.15) is 0 Å². The molecule has 3 N–H and O–H groups in total. The molecule has 0 radical (unpaired) electrons. The van der Waals surface area contributed by atoms with E-state index < -0.39 is 10.0 Å². The van der Waals surface area contributed by atoms with Crippen molar-refractivity contribution >= 4 is 15.9 Å². The van der Waals surface area contributed by atoms with Gasteiger partial charge >= 0.3 is 0 Å². The molecule has 7 heteroatoms. The number of carbonyl (C=O) groups excluding carboxylic acids is 1. The fourth-order valence-electron chi connectivity index (χ4n) is 2.83. The second-order valence-electron chi connectivity index (χ2n) is 6.37. The number of hydrogen-bond acceptors (Lipinski definition) is 4. The predicted octanol–water partition coefficient (Wildman–Crippen LogP) is 1.04. The van der Waals surface area contributed by atoms with E-state index in [1.54, 1.807) is 24.1 Å². The average molecular weight is 353 g/mol. The summed E-state index contributed by atoms with van der Waals surface area (Å²) in [6.07, 6.45) is 4.32. The lowest BCUT2D eigenvalue weighted by Crippen LogP contribution is -2.41. The van der Waals surface area contributed by atoms with E-state index in [0.717, 1.165) is 31.2 Å². The number of nitrogens with zero attached hydrogens (tertiary/aromatic N) is 1. The Morgan fingerprint density at radius 2 is 1.96 bits per heavy atom. The zero-order valence-corrected chi connectivity index (χ0v) is 15.2. The van der Waals surface area contributed by atoms with Crippen LogP contribution in [-0.2, 0) is 27.7 Å². The highest BCUT2D eigenvalue weighted by Gasteiger charge is 2.19. The van der Waals surface area contributed by atoms with Crippen LogP contribution in [0.1, 0.15) is 37.3 Å². The molecule has 0 fully saturated rings. The molecule has 0 saturated carbocycles. The SMILES string of the molecule is CC(CN)N(C)C(=O)CCNS(=O)(=O)c1ccc2c(c1)CCCC2. The molecule has 0 saturated heterocycles. The molecule has 24 heavy (non-hydrogen) atoms. The van der Waals surface area contributed by atoms with Gasteiger partial charge in [0, 0.05) is 32.6 Å². The summed E-state index contributed by atoms with van der Waals surface area (Å²) in [6.45, 7) is 2.32. The number of nitrogens with one attached hydrogen (secondary N) is 1. The highest BCUT2D eigenvalue weighted by atomic mass is 32.2. The van der Waals surface area contributed by atoms with Crippen molar-refractivity contribution in [3.8, 4) is 0 Å². The number of hydrogen-bond donors (Lipinski definition) is 2. The second-order valence-corrected chi connectivity index (χ2v) is 8.14.